The summed E-state index contributed by atoms with van der Waals surface area (Å²) in [5.41, 5.74) is 5.07. The fourth-order valence-corrected chi connectivity index (χ4v) is 6.85. The summed E-state index contributed by atoms with van der Waals surface area (Å²) in [5, 5.41) is 4.34. The monoisotopic (exact) mass is 498 g/mol. The Hall–Kier alpha value is -2.42. The zero-order valence-electron chi connectivity index (χ0n) is 23.1. The van der Waals surface area contributed by atoms with Crippen LogP contribution in [-0.4, -0.2) is 10.1 Å². The van der Waals surface area contributed by atoms with Crippen molar-refractivity contribution < 1.29 is 4.52 Å². The lowest BCUT2D eigenvalue weighted by molar-refractivity contribution is 0.259. The van der Waals surface area contributed by atoms with Gasteiger partial charge in [0.25, 0.3) is 0 Å². The molecular weight excluding hydrogens is 452 g/mol. The highest BCUT2D eigenvalue weighted by Crippen LogP contribution is 2.39. The molecule has 0 bridgehead atoms. The molecule has 0 saturated heterocycles. The topological polar surface area (TPSA) is 38.9 Å². The Morgan fingerprint density at radius 1 is 0.622 bits per heavy atom. The van der Waals surface area contributed by atoms with Crippen molar-refractivity contribution in [2.75, 3.05) is 0 Å². The number of rotatable bonds is 10. The second-order valence-electron chi connectivity index (χ2n) is 11.9. The van der Waals surface area contributed by atoms with Crippen molar-refractivity contribution in [3.05, 3.63) is 60.0 Å². The summed E-state index contributed by atoms with van der Waals surface area (Å²) in [5.74, 6) is 4.60. The lowest BCUT2D eigenvalue weighted by atomic mass is 9.77. The van der Waals surface area contributed by atoms with E-state index >= 15 is 0 Å². The minimum atomic E-state index is 0.433. The summed E-state index contributed by atoms with van der Waals surface area (Å²) in [6.07, 6.45) is 18.7. The Labute approximate surface area is 224 Å². The molecule has 1 aromatic heterocycles. The second kappa shape index (κ2) is 12.9. The van der Waals surface area contributed by atoms with Crippen LogP contribution < -0.4 is 0 Å². The van der Waals surface area contributed by atoms with E-state index in [2.05, 4.69) is 67.5 Å². The molecule has 0 atom stereocenters. The predicted molar refractivity (Wildman–Crippen MR) is 154 cm³/mol. The van der Waals surface area contributed by atoms with Crippen molar-refractivity contribution in [1.82, 2.24) is 10.1 Å². The first kappa shape index (κ1) is 26.2. The van der Waals surface area contributed by atoms with Crippen LogP contribution in [0.5, 0.6) is 0 Å². The van der Waals surface area contributed by atoms with E-state index in [0.717, 1.165) is 35.0 Å². The minimum Gasteiger partial charge on any atom is -0.339 e. The standard InChI is InChI=1S/C34H46N2O/c1-3-5-6-8-26-11-15-32(16-12-26)34-35-33(36-37-34)31-23-21-30(22-24-31)29-19-17-28(18-20-29)27-13-9-25(7-4-2)10-14-27/h17-27,32H,3-16H2,1-2H3. The van der Waals surface area contributed by atoms with Crippen molar-refractivity contribution >= 4 is 0 Å². The molecule has 0 unspecified atom stereocenters. The van der Waals surface area contributed by atoms with Gasteiger partial charge in [0.2, 0.25) is 11.7 Å². The van der Waals surface area contributed by atoms with Gasteiger partial charge in [0, 0.05) is 11.5 Å². The van der Waals surface area contributed by atoms with E-state index in [1.807, 2.05) is 0 Å². The third-order valence-electron chi connectivity index (χ3n) is 9.26. The number of aromatic nitrogens is 2. The lowest BCUT2D eigenvalue weighted by Gasteiger charge is -2.28. The van der Waals surface area contributed by atoms with Gasteiger partial charge in [-0.05, 0) is 85.8 Å². The number of nitrogens with zero attached hydrogens (tertiary/aromatic N) is 2. The lowest BCUT2D eigenvalue weighted by Crippen LogP contribution is -2.13. The Morgan fingerprint density at radius 2 is 1.19 bits per heavy atom. The molecule has 3 nitrogen and oxygen atoms in total. The van der Waals surface area contributed by atoms with Gasteiger partial charge >= 0.3 is 0 Å². The molecule has 0 aliphatic heterocycles. The molecule has 3 heteroatoms. The van der Waals surface area contributed by atoms with Crippen LogP contribution in [-0.2, 0) is 0 Å². The Kier molecular flexibility index (Phi) is 9.13. The number of hydrogen-bond donors (Lipinski definition) is 0. The first-order chi connectivity index (χ1) is 18.2. The van der Waals surface area contributed by atoms with Crippen LogP contribution in [0.25, 0.3) is 22.5 Å². The van der Waals surface area contributed by atoms with E-state index in [4.69, 9.17) is 9.51 Å². The van der Waals surface area contributed by atoms with Crippen molar-refractivity contribution in [2.24, 2.45) is 11.8 Å². The van der Waals surface area contributed by atoms with Crippen LogP contribution in [0.15, 0.2) is 53.1 Å². The Balaban J connectivity index is 1.15. The third kappa shape index (κ3) is 6.72. The predicted octanol–water partition coefficient (Wildman–Crippen LogP) is 10.3. The average molecular weight is 499 g/mol. The van der Waals surface area contributed by atoms with Crippen LogP contribution in [0.3, 0.4) is 0 Å². The van der Waals surface area contributed by atoms with Gasteiger partial charge in [0.15, 0.2) is 0 Å². The van der Waals surface area contributed by atoms with Crippen LogP contribution in [0.4, 0.5) is 0 Å². The maximum atomic E-state index is 5.74. The van der Waals surface area contributed by atoms with Gasteiger partial charge in [0.1, 0.15) is 0 Å². The highest BCUT2D eigenvalue weighted by atomic mass is 16.5. The van der Waals surface area contributed by atoms with E-state index in [-0.39, 0.29) is 0 Å². The molecule has 1 heterocycles. The molecule has 37 heavy (non-hydrogen) atoms. The summed E-state index contributed by atoms with van der Waals surface area (Å²) in [6, 6.07) is 18.0. The molecule has 3 aromatic rings. The number of benzene rings is 2. The average Bonchev–Trinajstić information content (AvgIpc) is 3.45. The molecule has 198 valence electrons. The summed E-state index contributed by atoms with van der Waals surface area (Å²) in [4.78, 5) is 4.81. The molecule has 5 rings (SSSR count). The molecule has 2 aromatic carbocycles. The molecule has 2 aliphatic carbocycles. The highest BCUT2D eigenvalue weighted by molar-refractivity contribution is 5.67. The Bertz CT molecular complexity index is 1070. The Morgan fingerprint density at radius 3 is 1.81 bits per heavy atom. The normalized spacial score (nSPS) is 24.3. The molecular formula is C34H46N2O. The summed E-state index contributed by atoms with van der Waals surface area (Å²) in [6.45, 7) is 4.60. The smallest absolute Gasteiger partial charge is 0.230 e. The zero-order valence-corrected chi connectivity index (χ0v) is 23.1. The quantitative estimate of drug-likeness (QED) is 0.261. The maximum Gasteiger partial charge on any atom is 0.230 e. The van der Waals surface area contributed by atoms with Gasteiger partial charge in [-0.3, -0.25) is 0 Å². The zero-order chi connectivity index (χ0) is 25.5. The van der Waals surface area contributed by atoms with Crippen molar-refractivity contribution in [3.63, 3.8) is 0 Å². The van der Waals surface area contributed by atoms with Crippen LogP contribution in [0, 0.1) is 11.8 Å². The molecule has 0 N–H and O–H groups in total. The van der Waals surface area contributed by atoms with Crippen molar-refractivity contribution in [3.8, 4) is 22.5 Å². The molecule has 2 saturated carbocycles. The van der Waals surface area contributed by atoms with Crippen LogP contribution in [0.1, 0.15) is 127 Å². The highest BCUT2D eigenvalue weighted by Gasteiger charge is 2.26. The largest absolute Gasteiger partial charge is 0.339 e. The first-order valence-corrected chi connectivity index (χ1v) is 15.3. The van der Waals surface area contributed by atoms with Crippen LogP contribution in [0.2, 0.25) is 0 Å². The fraction of sp³-hybridized carbons (Fsp3) is 0.588. The molecule has 2 fully saturated rings. The first-order valence-electron chi connectivity index (χ1n) is 15.3. The van der Waals surface area contributed by atoms with E-state index in [9.17, 15) is 0 Å². The molecule has 0 spiro atoms. The number of hydrogen-bond acceptors (Lipinski definition) is 3. The SMILES string of the molecule is CCCCCC1CCC(c2nc(-c3ccc(-c4ccc(C5CCC(CCC)CC5)cc4)cc3)no2)CC1. The molecule has 2 aliphatic rings. The van der Waals surface area contributed by atoms with Crippen molar-refractivity contribution in [1.29, 1.82) is 0 Å². The van der Waals surface area contributed by atoms with Crippen LogP contribution >= 0.6 is 0 Å². The van der Waals surface area contributed by atoms with E-state index in [1.54, 1.807) is 0 Å². The van der Waals surface area contributed by atoms with Gasteiger partial charge < -0.3 is 4.52 Å². The van der Waals surface area contributed by atoms with Gasteiger partial charge in [-0.2, -0.15) is 4.98 Å². The van der Waals surface area contributed by atoms with E-state index in [1.165, 1.54) is 107 Å². The molecule has 0 amide bonds. The van der Waals surface area contributed by atoms with Crippen molar-refractivity contribution in [2.45, 2.75) is 116 Å². The number of unbranched alkanes of at least 4 members (excludes halogenated alkanes) is 2. The van der Waals surface area contributed by atoms with E-state index in [0.29, 0.717) is 5.92 Å². The third-order valence-corrected chi connectivity index (χ3v) is 9.26. The summed E-state index contributed by atoms with van der Waals surface area (Å²) >= 11 is 0. The van der Waals surface area contributed by atoms with Gasteiger partial charge in [-0.25, -0.2) is 0 Å². The van der Waals surface area contributed by atoms with Gasteiger partial charge in [-0.1, -0.05) is 106 Å². The summed E-state index contributed by atoms with van der Waals surface area (Å²) < 4.78 is 5.74. The fourth-order valence-electron chi connectivity index (χ4n) is 6.85. The second-order valence-corrected chi connectivity index (χ2v) is 11.9. The van der Waals surface area contributed by atoms with Gasteiger partial charge in [-0.15, -0.1) is 0 Å². The molecule has 0 radical (unpaired) electrons. The van der Waals surface area contributed by atoms with E-state index < -0.39 is 0 Å². The van der Waals surface area contributed by atoms with Gasteiger partial charge in [0.05, 0.1) is 0 Å². The maximum absolute atomic E-state index is 5.74. The minimum absolute atomic E-state index is 0.433. The summed E-state index contributed by atoms with van der Waals surface area (Å²) in [7, 11) is 0.